The largest absolute Gasteiger partial charge is 0.330 e. The molecule has 0 heterocycles. The van der Waals surface area contributed by atoms with Gasteiger partial charge in [-0.15, -0.1) is 6.58 Å². The molecule has 0 spiro atoms. The molecule has 0 aliphatic carbocycles. The van der Waals surface area contributed by atoms with E-state index in [1.165, 1.54) is 89.9 Å². The third-order valence-electron chi connectivity index (χ3n) is 4.68. The lowest BCUT2D eigenvalue weighted by molar-refractivity contribution is 0.411. The average molecular weight is 325 g/mol. The van der Waals surface area contributed by atoms with Gasteiger partial charge in [-0.05, 0) is 45.2 Å². The lowest BCUT2D eigenvalue weighted by Crippen LogP contribution is -2.31. The van der Waals surface area contributed by atoms with E-state index >= 15 is 0 Å². The second kappa shape index (κ2) is 19.7. The maximum atomic E-state index is 5.61. The standard InChI is InChI=1S/C21H44N2/c1-3-5-7-9-11-13-15-18-21(23-20-16-19-22)17-14-12-10-8-6-4-2/h4,21,23H,2-3,5-20,22H2,1H3. The van der Waals surface area contributed by atoms with Crippen LogP contribution in [0, 0.1) is 0 Å². The van der Waals surface area contributed by atoms with Crippen LogP contribution in [0.2, 0.25) is 0 Å². The van der Waals surface area contributed by atoms with Crippen LogP contribution in [-0.4, -0.2) is 19.1 Å². The Labute approximate surface area is 146 Å². The smallest absolute Gasteiger partial charge is 0.00670 e. The first-order valence-corrected chi connectivity index (χ1v) is 10.4. The van der Waals surface area contributed by atoms with Gasteiger partial charge in [0.15, 0.2) is 0 Å². The predicted molar refractivity (Wildman–Crippen MR) is 106 cm³/mol. The molecule has 3 N–H and O–H groups in total. The fourth-order valence-electron chi connectivity index (χ4n) is 3.14. The van der Waals surface area contributed by atoms with E-state index in [9.17, 15) is 0 Å². The summed E-state index contributed by atoms with van der Waals surface area (Å²) in [4.78, 5) is 0. The highest BCUT2D eigenvalue weighted by Crippen LogP contribution is 2.14. The van der Waals surface area contributed by atoms with Gasteiger partial charge >= 0.3 is 0 Å². The van der Waals surface area contributed by atoms with Crippen LogP contribution in [0.15, 0.2) is 12.7 Å². The molecule has 1 unspecified atom stereocenters. The molecule has 0 radical (unpaired) electrons. The van der Waals surface area contributed by atoms with Crippen LogP contribution in [0.3, 0.4) is 0 Å². The number of nitrogens with two attached hydrogens (primary N) is 1. The lowest BCUT2D eigenvalue weighted by Gasteiger charge is -2.18. The van der Waals surface area contributed by atoms with Gasteiger partial charge in [-0.1, -0.05) is 77.2 Å². The quantitative estimate of drug-likeness (QED) is 0.227. The van der Waals surface area contributed by atoms with Gasteiger partial charge in [-0.25, -0.2) is 0 Å². The summed E-state index contributed by atoms with van der Waals surface area (Å²) in [7, 11) is 0. The molecular weight excluding hydrogens is 280 g/mol. The zero-order valence-corrected chi connectivity index (χ0v) is 16.0. The van der Waals surface area contributed by atoms with Crippen molar-refractivity contribution in [3.05, 3.63) is 12.7 Å². The minimum Gasteiger partial charge on any atom is -0.330 e. The van der Waals surface area contributed by atoms with Crippen LogP contribution in [0.1, 0.15) is 103 Å². The Balaban J connectivity index is 3.66. The molecule has 0 saturated heterocycles. The summed E-state index contributed by atoms with van der Waals surface area (Å²) >= 11 is 0. The van der Waals surface area contributed by atoms with Gasteiger partial charge < -0.3 is 11.1 Å². The monoisotopic (exact) mass is 324 g/mol. The van der Waals surface area contributed by atoms with Crippen LogP contribution < -0.4 is 11.1 Å². The van der Waals surface area contributed by atoms with Crippen molar-refractivity contribution in [2.24, 2.45) is 5.73 Å². The van der Waals surface area contributed by atoms with Gasteiger partial charge in [0.05, 0.1) is 0 Å². The van der Waals surface area contributed by atoms with E-state index in [0.717, 1.165) is 25.6 Å². The summed E-state index contributed by atoms with van der Waals surface area (Å²) < 4.78 is 0. The summed E-state index contributed by atoms with van der Waals surface area (Å²) in [5.41, 5.74) is 5.61. The van der Waals surface area contributed by atoms with Gasteiger partial charge in [0.1, 0.15) is 0 Å². The third kappa shape index (κ3) is 17.8. The third-order valence-corrected chi connectivity index (χ3v) is 4.68. The van der Waals surface area contributed by atoms with Crippen molar-refractivity contribution in [2.75, 3.05) is 13.1 Å². The highest BCUT2D eigenvalue weighted by Gasteiger charge is 2.07. The van der Waals surface area contributed by atoms with Crippen molar-refractivity contribution >= 4 is 0 Å². The Morgan fingerprint density at radius 1 is 0.826 bits per heavy atom. The van der Waals surface area contributed by atoms with Crippen molar-refractivity contribution in [2.45, 2.75) is 109 Å². The van der Waals surface area contributed by atoms with Gasteiger partial charge in [0.2, 0.25) is 0 Å². The van der Waals surface area contributed by atoms with Crippen molar-refractivity contribution in [1.82, 2.24) is 5.32 Å². The van der Waals surface area contributed by atoms with Gasteiger partial charge in [-0.2, -0.15) is 0 Å². The molecule has 0 bridgehead atoms. The van der Waals surface area contributed by atoms with E-state index in [1.807, 2.05) is 6.08 Å². The first-order chi connectivity index (χ1) is 11.3. The summed E-state index contributed by atoms with van der Waals surface area (Å²) in [6.07, 6.45) is 22.3. The molecule has 2 heteroatoms. The van der Waals surface area contributed by atoms with Crippen LogP contribution in [0.25, 0.3) is 0 Å². The Kier molecular flexibility index (Phi) is 19.4. The Morgan fingerprint density at radius 2 is 1.39 bits per heavy atom. The maximum Gasteiger partial charge on any atom is 0.00670 e. The van der Waals surface area contributed by atoms with Crippen LogP contribution in [-0.2, 0) is 0 Å². The number of allylic oxidation sites excluding steroid dienone is 1. The van der Waals surface area contributed by atoms with E-state index in [-0.39, 0.29) is 0 Å². The molecule has 0 aromatic rings. The molecule has 23 heavy (non-hydrogen) atoms. The normalized spacial score (nSPS) is 12.4. The zero-order chi connectivity index (χ0) is 17.0. The van der Waals surface area contributed by atoms with Crippen molar-refractivity contribution < 1.29 is 0 Å². The van der Waals surface area contributed by atoms with Crippen molar-refractivity contribution in [3.63, 3.8) is 0 Å². The molecule has 0 rings (SSSR count). The molecule has 0 aromatic heterocycles. The summed E-state index contributed by atoms with van der Waals surface area (Å²) in [6.45, 7) is 7.98. The maximum absolute atomic E-state index is 5.61. The predicted octanol–water partition coefficient (Wildman–Crippen LogP) is 5.96. The summed E-state index contributed by atoms with van der Waals surface area (Å²) in [5.74, 6) is 0. The number of hydrogen-bond acceptors (Lipinski definition) is 2. The van der Waals surface area contributed by atoms with Crippen LogP contribution >= 0.6 is 0 Å². The molecular formula is C21H44N2. The lowest BCUT2D eigenvalue weighted by atomic mass is 10.00. The zero-order valence-electron chi connectivity index (χ0n) is 16.0. The van der Waals surface area contributed by atoms with Crippen LogP contribution in [0.4, 0.5) is 0 Å². The van der Waals surface area contributed by atoms with E-state index in [0.29, 0.717) is 0 Å². The fraction of sp³-hybridized carbons (Fsp3) is 0.905. The van der Waals surface area contributed by atoms with Gasteiger partial charge in [0.25, 0.3) is 0 Å². The first kappa shape index (κ1) is 22.7. The minimum absolute atomic E-state index is 0.719. The molecule has 0 fully saturated rings. The Bertz CT molecular complexity index is 228. The summed E-state index contributed by atoms with van der Waals surface area (Å²) in [6, 6.07) is 0.719. The topological polar surface area (TPSA) is 38.0 Å². The number of nitrogens with one attached hydrogen (secondary N) is 1. The molecule has 0 amide bonds. The van der Waals surface area contributed by atoms with Crippen molar-refractivity contribution in [1.29, 1.82) is 0 Å². The van der Waals surface area contributed by atoms with E-state index in [1.54, 1.807) is 0 Å². The van der Waals surface area contributed by atoms with E-state index < -0.39 is 0 Å². The Morgan fingerprint density at radius 3 is 1.96 bits per heavy atom. The fourth-order valence-corrected chi connectivity index (χ4v) is 3.14. The molecule has 1 atom stereocenters. The molecule has 0 aromatic carbocycles. The SMILES string of the molecule is C=CCCCCCCC(CCCCCCCCC)NCCCN. The number of unbranched alkanes of at least 4 members (excludes halogenated alkanes) is 10. The van der Waals surface area contributed by atoms with Crippen molar-refractivity contribution in [3.8, 4) is 0 Å². The highest BCUT2D eigenvalue weighted by molar-refractivity contribution is 4.69. The van der Waals surface area contributed by atoms with E-state index in [4.69, 9.17) is 5.73 Å². The minimum atomic E-state index is 0.719. The van der Waals surface area contributed by atoms with Crippen LogP contribution in [0.5, 0.6) is 0 Å². The molecule has 0 saturated carbocycles. The van der Waals surface area contributed by atoms with Gasteiger partial charge in [-0.3, -0.25) is 0 Å². The van der Waals surface area contributed by atoms with E-state index in [2.05, 4.69) is 18.8 Å². The molecule has 138 valence electrons. The molecule has 0 aliphatic heterocycles. The summed E-state index contributed by atoms with van der Waals surface area (Å²) in [5, 5.41) is 3.74. The highest BCUT2D eigenvalue weighted by atomic mass is 14.9. The molecule has 0 aliphatic rings. The first-order valence-electron chi connectivity index (χ1n) is 10.4. The second-order valence-electron chi connectivity index (χ2n) is 6.98. The molecule has 2 nitrogen and oxygen atoms in total. The number of rotatable bonds is 19. The number of hydrogen-bond donors (Lipinski definition) is 2. The average Bonchev–Trinajstić information content (AvgIpc) is 2.56. The Hall–Kier alpha value is -0.340. The second-order valence-corrected chi connectivity index (χ2v) is 6.98. The van der Waals surface area contributed by atoms with Gasteiger partial charge in [0, 0.05) is 6.04 Å².